The van der Waals surface area contributed by atoms with Crippen molar-refractivity contribution in [3.8, 4) is 0 Å². The molecule has 1 aromatic heterocycles. The van der Waals surface area contributed by atoms with Crippen molar-refractivity contribution in [1.82, 2.24) is 10.3 Å². The Kier molecular flexibility index (Phi) is 3.59. The van der Waals surface area contributed by atoms with Crippen LogP contribution in [0.5, 0.6) is 0 Å². The van der Waals surface area contributed by atoms with E-state index in [0.717, 1.165) is 24.5 Å². The van der Waals surface area contributed by atoms with Gasteiger partial charge in [0, 0.05) is 10.9 Å². The van der Waals surface area contributed by atoms with Crippen LogP contribution in [0, 0.1) is 0 Å². The van der Waals surface area contributed by atoms with E-state index in [4.69, 9.17) is 5.73 Å². The van der Waals surface area contributed by atoms with Gasteiger partial charge in [0.25, 0.3) is 0 Å². The highest BCUT2D eigenvalue weighted by Crippen LogP contribution is 2.27. The molecule has 0 amide bonds. The molecule has 15 heavy (non-hydrogen) atoms. The molecule has 2 rings (SSSR count). The van der Waals surface area contributed by atoms with Crippen molar-refractivity contribution >= 4 is 16.5 Å². The first-order chi connectivity index (χ1) is 7.29. The molecule has 0 aliphatic heterocycles. The standard InChI is InChI=1S/C11H19N3S/c1-2-6-13-8-4-3-5-9-10(7-8)15-11(12)14-9/h8,13H,2-7H2,1H3,(H2,12,14). The number of hydrogen-bond donors (Lipinski definition) is 2. The molecule has 1 atom stereocenters. The van der Waals surface area contributed by atoms with E-state index in [1.54, 1.807) is 11.3 Å². The zero-order valence-electron chi connectivity index (χ0n) is 9.25. The normalized spacial score (nSPS) is 21.0. The Hall–Kier alpha value is -0.610. The number of rotatable bonds is 3. The minimum absolute atomic E-state index is 0.631. The molecule has 0 radical (unpaired) electrons. The monoisotopic (exact) mass is 225 g/mol. The van der Waals surface area contributed by atoms with Crippen molar-refractivity contribution in [3.05, 3.63) is 10.6 Å². The molecular weight excluding hydrogens is 206 g/mol. The van der Waals surface area contributed by atoms with Crippen molar-refractivity contribution in [2.75, 3.05) is 12.3 Å². The first-order valence-electron chi connectivity index (χ1n) is 5.77. The molecule has 0 saturated carbocycles. The van der Waals surface area contributed by atoms with Gasteiger partial charge in [-0.1, -0.05) is 6.92 Å². The lowest BCUT2D eigenvalue weighted by molar-refractivity contribution is 0.477. The molecule has 1 aromatic rings. The number of aromatic nitrogens is 1. The van der Waals surface area contributed by atoms with Crippen molar-refractivity contribution < 1.29 is 0 Å². The Morgan fingerprint density at radius 1 is 1.60 bits per heavy atom. The van der Waals surface area contributed by atoms with Crippen molar-refractivity contribution in [2.24, 2.45) is 0 Å². The second-order valence-electron chi connectivity index (χ2n) is 4.17. The molecule has 0 aromatic carbocycles. The van der Waals surface area contributed by atoms with Gasteiger partial charge in [-0.15, -0.1) is 11.3 Å². The molecule has 0 spiro atoms. The molecule has 1 unspecified atom stereocenters. The fourth-order valence-electron chi connectivity index (χ4n) is 2.12. The molecule has 1 aliphatic carbocycles. The highest BCUT2D eigenvalue weighted by atomic mass is 32.1. The number of nitrogens with two attached hydrogens (primary N) is 1. The first kappa shape index (κ1) is 10.9. The van der Waals surface area contributed by atoms with E-state index < -0.39 is 0 Å². The van der Waals surface area contributed by atoms with Gasteiger partial charge >= 0.3 is 0 Å². The van der Waals surface area contributed by atoms with Gasteiger partial charge in [0.05, 0.1) is 5.69 Å². The molecule has 1 heterocycles. The SMILES string of the molecule is CCCNC1CCCc2nc(N)sc2C1. The molecule has 1 aliphatic rings. The summed E-state index contributed by atoms with van der Waals surface area (Å²) in [5.41, 5.74) is 6.99. The highest BCUT2D eigenvalue weighted by molar-refractivity contribution is 7.15. The molecule has 0 fully saturated rings. The third-order valence-corrected chi connectivity index (χ3v) is 3.82. The fourth-order valence-corrected chi connectivity index (χ4v) is 3.08. The molecular formula is C11H19N3S. The number of nitrogens with one attached hydrogen (secondary N) is 1. The Balaban J connectivity index is 2.03. The molecule has 0 bridgehead atoms. The van der Waals surface area contributed by atoms with Crippen LogP contribution in [0.3, 0.4) is 0 Å². The van der Waals surface area contributed by atoms with Crippen molar-refractivity contribution in [3.63, 3.8) is 0 Å². The highest BCUT2D eigenvalue weighted by Gasteiger charge is 2.19. The summed E-state index contributed by atoms with van der Waals surface area (Å²) in [7, 11) is 0. The van der Waals surface area contributed by atoms with Gasteiger partial charge in [-0.2, -0.15) is 0 Å². The number of anilines is 1. The topological polar surface area (TPSA) is 50.9 Å². The van der Waals surface area contributed by atoms with Crippen molar-refractivity contribution in [2.45, 2.75) is 45.1 Å². The average molecular weight is 225 g/mol. The summed E-state index contributed by atoms with van der Waals surface area (Å²) in [4.78, 5) is 5.80. The Morgan fingerprint density at radius 3 is 3.27 bits per heavy atom. The predicted molar refractivity (Wildman–Crippen MR) is 65.3 cm³/mol. The van der Waals surface area contributed by atoms with Gasteiger partial charge in [0.1, 0.15) is 0 Å². The van der Waals surface area contributed by atoms with Crippen LogP contribution in [0.1, 0.15) is 36.8 Å². The quantitative estimate of drug-likeness (QED) is 0.773. The number of nitrogen functional groups attached to an aromatic ring is 1. The molecule has 0 saturated heterocycles. The average Bonchev–Trinajstić information content (AvgIpc) is 2.44. The van der Waals surface area contributed by atoms with E-state index in [1.807, 2.05) is 0 Å². The van der Waals surface area contributed by atoms with Gasteiger partial charge in [0.15, 0.2) is 5.13 Å². The minimum Gasteiger partial charge on any atom is -0.375 e. The van der Waals surface area contributed by atoms with Crippen LogP contribution in [-0.2, 0) is 12.8 Å². The second kappa shape index (κ2) is 4.94. The first-order valence-corrected chi connectivity index (χ1v) is 6.58. The number of aryl methyl sites for hydroxylation is 1. The molecule has 84 valence electrons. The number of thiazole rings is 1. The van der Waals surface area contributed by atoms with Crippen LogP contribution < -0.4 is 11.1 Å². The second-order valence-corrected chi connectivity index (χ2v) is 5.28. The summed E-state index contributed by atoms with van der Waals surface area (Å²) in [6.07, 6.45) is 5.92. The lowest BCUT2D eigenvalue weighted by Gasteiger charge is -2.15. The lowest BCUT2D eigenvalue weighted by atomic mass is 10.1. The molecule has 4 heteroatoms. The van der Waals surface area contributed by atoms with E-state index in [-0.39, 0.29) is 0 Å². The number of fused-ring (bicyclic) bond motifs is 1. The summed E-state index contributed by atoms with van der Waals surface area (Å²) < 4.78 is 0. The predicted octanol–water partition coefficient (Wildman–Crippen LogP) is 1.97. The van der Waals surface area contributed by atoms with E-state index in [9.17, 15) is 0 Å². The van der Waals surface area contributed by atoms with Gasteiger partial charge in [0.2, 0.25) is 0 Å². The lowest BCUT2D eigenvalue weighted by Crippen LogP contribution is -2.30. The Labute approximate surface area is 95.1 Å². The Bertz CT molecular complexity index is 322. The molecule has 3 N–H and O–H groups in total. The van der Waals surface area contributed by atoms with Gasteiger partial charge in [-0.3, -0.25) is 0 Å². The largest absolute Gasteiger partial charge is 0.375 e. The van der Waals surface area contributed by atoms with Gasteiger partial charge < -0.3 is 11.1 Å². The minimum atomic E-state index is 0.631. The Morgan fingerprint density at radius 2 is 2.47 bits per heavy atom. The maximum absolute atomic E-state index is 5.74. The zero-order valence-corrected chi connectivity index (χ0v) is 10.1. The maximum Gasteiger partial charge on any atom is 0.180 e. The van der Waals surface area contributed by atoms with Crippen LogP contribution in [0.4, 0.5) is 5.13 Å². The summed E-state index contributed by atoms with van der Waals surface area (Å²) >= 11 is 1.67. The summed E-state index contributed by atoms with van der Waals surface area (Å²) in [5, 5.41) is 4.33. The summed E-state index contributed by atoms with van der Waals surface area (Å²) in [5.74, 6) is 0. The maximum atomic E-state index is 5.74. The third-order valence-electron chi connectivity index (χ3n) is 2.88. The van der Waals surface area contributed by atoms with Crippen molar-refractivity contribution in [1.29, 1.82) is 0 Å². The van der Waals surface area contributed by atoms with Crippen LogP contribution in [0.2, 0.25) is 0 Å². The van der Waals surface area contributed by atoms with Crippen LogP contribution in [-0.4, -0.2) is 17.6 Å². The van der Waals surface area contributed by atoms with Crippen LogP contribution in [0.15, 0.2) is 0 Å². The molecule has 3 nitrogen and oxygen atoms in total. The van der Waals surface area contributed by atoms with Gasteiger partial charge in [-0.05, 0) is 38.6 Å². The summed E-state index contributed by atoms with van der Waals surface area (Å²) in [6.45, 7) is 3.33. The zero-order chi connectivity index (χ0) is 10.7. The van der Waals surface area contributed by atoms with E-state index >= 15 is 0 Å². The van der Waals surface area contributed by atoms with Crippen LogP contribution in [0.25, 0.3) is 0 Å². The number of nitrogens with zero attached hydrogens (tertiary/aromatic N) is 1. The van der Waals surface area contributed by atoms with E-state index in [2.05, 4.69) is 17.2 Å². The summed E-state index contributed by atoms with van der Waals surface area (Å²) in [6, 6.07) is 0.631. The van der Waals surface area contributed by atoms with Crippen LogP contribution >= 0.6 is 11.3 Å². The fraction of sp³-hybridized carbons (Fsp3) is 0.727. The van der Waals surface area contributed by atoms with E-state index in [1.165, 1.54) is 29.8 Å². The number of hydrogen-bond acceptors (Lipinski definition) is 4. The van der Waals surface area contributed by atoms with Gasteiger partial charge in [-0.25, -0.2) is 4.98 Å². The smallest absolute Gasteiger partial charge is 0.180 e. The van der Waals surface area contributed by atoms with E-state index in [0.29, 0.717) is 6.04 Å². The third kappa shape index (κ3) is 2.69.